The third-order valence-corrected chi connectivity index (χ3v) is 7.78. The lowest BCUT2D eigenvalue weighted by atomic mass is 9.85. The Kier molecular flexibility index (Phi) is 6.23. The minimum Gasteiger partial charge on any atom is -0.349 e. The number of hydrogen-bond donors (Lipinski definition) is 2. The lowest BCUT2D eigenvalue weighted by Crippen LogP contribution is -2.39. The molecular formula is C28H28ClN7O2. The summed E-state index contributed by atoms with van der Waals surface area (Å²) in [6.45, 7) is 4.34. The van der Waals surface area contributed by atoms with Crippen LogP contribution in [0.25, 0.3) is 27.8 Å². The summed E-state index contributed by atoms with van der Waals surface area (Å²) in [4.78, 5) is 35.3. The van der Waals surface area contributed by atoms with E-state index in [1.807, 2.05) is 41.8 Å². The molecule has 5 aromatic rings. The number of carbonyl (C=O) groups excluding carboxylic acids is 1. The van der Waals surface area contributed by atoms with Gasteiger partial charge in [-0.1, -0.05) is 23.7 Å². The molecule has 38 heavy (non-hydrogen) atoms. The van der Waals surface area contributed by atoms with Crippen LogP contribution in [0.5, 0.6) is 0 Å². The van der Waals surface area contributed by atoms with Crippen LogP contribution in [-0.4, -0.2) is 41.2 Å². The molecule has 1 aromatic carbocycles. The van der Waals surface area contributed by atoms with Gasteiger partial charge in [0.15, 0.2) is 0 Å². The highest BCUT2D eigenvalue weighted by Crippen LogP contribution is 2.28. The van der Waals surface area contributed by atoms with E-state index in [0.717, 1.165) is 53.4 Å². The minimum atomic E-state index is -0.140. The summed E-state index contributed by atoms with van der Waals surface area (Å²) in [6, 6.07) is 11.5. The minimum absolute atomic E-state index is 0.0806. The van der Waals surface area contributed by atoms with Gasteiger partial charge in [-0.15, -0.1) is 0 Å². The van der Waals surface area contributed by atoms with E-state index in [-0.39, 0.29) is 17.6 Å². The Morgan fingerprint density at radius 1 is 1.05 bits per heavy atom. The Balaban J connectivity index is 1.20. The highest BCUT2D eigenvalue weighted by Gasteiger charge is 2.26. The number of aryl methyl sites for hydroxylation is 2. The molecular weight excluding hydrogens is 502 g/mol. The van der Waals surface area contributed by atoms with Crippen LogP contribution in [0.4, 0.5) is 0 Å². The summed E-state index contributed by atoms with van der Waals surface area (Å²) < 4.78 is 3.60. The molecule has 0 aliphatic heterocycles. The summed E-state index contributed by atoms with van der Waals surface area (Å²) in [5, 5.41) is 10.8. The first kappa shape index (κ1) is 24.4. The molecule has 0 bridgehead atoms. The molecule has 0 unspecified atom stereocenters. The van der Waals surface area contributed by atoms with E-state index in [9.17, 15) is 9.59 Å². The monoisotopic (exact) mass is 529 g/mol. The number of imidazole rings is 1. The van der Waals surface area contributed by atoms with E-state index in [2.05, 4.69) is 25.5 Å². The molecule has 1 fully saturated rings. The number of nitrogens with zero attached hydrogens (tertiary/aromatic N) is 5. The van der Waals surface area contributed by atoms with Crippen LogP contribution in [-0.2, 0) is 6.54 Å². The number of nitrogens with one attached hydrogen (secondary N) is 2. The van der Waals surface area contributed by atoms with E-state index < -0.39 is 0 Å². The standard InChI is InChI=1S/C28H28ClN7O2/c1-16-22(11-19(29)13-30-16)27(37)32-20-9-7-18(8-10-20)15-35-24-5-3-4-6-25(24)36(28(35)38)21-12-23-26(31-14-21)17(2)33-34-23/h3-6,11-14,18,20H,7-10,15H2,1-2H3,(H,32,37)(H,33,34)/t18-,20-. The van der Waals surface area contributed by atoms with Gasteiger partial charge in [0.1, 0.15) is 5.52 Å². The van der Waals surface area contributed by atoms with Gasteiger partial charge in [0.05, 0.1) is 50.4 Å². The van der Waals surface area contributed by atoms with Crippen molar-refractivity contribution in [2.24, 2.45) is 5.92 Å². The van der Waals surface area contributed by atoms with Crippen molar-refractivity contribution in [2.45, 2.75) is 52.1 Å². The second kappa shape index (κ2) is 9.72. The fraction of sp³-hybridized carbons (Fsp3) is 0.321. The number of carbonyl (C=O) groups is 1. The van der Waals surface area contributed by atoms with E-state index in [1.54, 1.807) is 30.0 Å². The van der Waals surface area contributed by atoms with Crippen molar-refractivity contribution >= 4 is 39.6 Å². The second-order valence-electron chi connectivity index (χ2n) is 10.1. The maximum absolute atomic E-state index is 13.7. The number of rotatable bonds is 5. The molecule has 0 atom stereocenters. The normalized spacial score (nSPS) is 17.8. The van der Waals surface area contributed by atoms with Crippen molar-refractivity contribution < 1.29 is 4.79 Å². The topological polar surface area (TPSA) is 110 Å². The van der Waals surface area contributed by atoms with Gasteiger partial charge in [-0.2, -0.15) is 5.10 Å². The third-order valence-electron chi connectivity index (χ3n) is 7.57. The second-order valence-corrected chi connectivity index (χ2v) is 10.5. The molecule has 10 heteroatoms. The highest BCUT2D eigenvalue weighted by molar-refractivity contribution is 6.30. The number of aromatic amines is 1. The SMILES string of the molecule is Cc1ncc(Cl)cc1C(=O)N[C@H]1CC[C@H](Cn2c(=O)n(-c3cnc4c(C)n[nH]c4c3)c3ccccc32)CC1. The molecule has 194 valence electrons. The lowest BCUT2D eigenvalue weighted by Gasteiger charge is -2.29. The molecule has 6 rings (SSSR count). The molecule has 1 saturated carbocycles. The van der Waals surface area contributed by atoms with Crippen LogP contribution in [0.2, 0.25) is 5.02 Å². The van der Waals surface area contributed by atoms with Gasteiger partial charge in [-0.05, 0) is 69.7 Å². The van der Waals surface area contributed by atoms with Crippen molar-refractivity contribution in [3.05, 3.63) is 81.3 Å². The highest BCUT2D eigenvalue weighted by atomic mass is 35.5. The van der Waals surface area contributed by atoms with Crippen LogP contribution < -0.4 is 11.0 Å². The van der Waals surface area contributed by atoms with Gasteiger partial charge >= 0.3 is 5.69 Å². The Bertz CT molecular complexity index is 1730. The van der Waals surface area contributed by atoms with Crippen molar-refractivity contribution in [3.8, 4) is 5.69 Å². The summed E-state index contributed by atoms with van der Waals surface area (Å²) in [6.07, 6.45) is 6.83. The predicted molar refractivity (Wildman–Crippen MR) is 147 cm³/mol. The fourth-order valence-electron chi connectivity index (χ4n) is 5.53. The van der Waals surface area contributed by atoms with Gasteiger partial charge in [-0.3, -0.25) is 29.0 Å². The summed E-state index contributed by atoms with van der Waals surface area (Å²) in [7, 11) is 0. The molecule has 0 spiro atoms. The van der Waals surface area contributed by atoms with Crippen LogP contribution in [0, 0.1) is 19.8 Å². The first-order valence-corrected chi connectivity index (χ1v) is 13.2. The number of benzene rings is 1. The maximum atomic E-state index is 13.7. The van der Waals surface area contributed by atoms with Crippen molar-refractivity contribution in [2.75, 3.05) is 0 Å². The fourth-order valence-corrected chi connectivity index (χ4v) is 5.69. The number of para-hydroxylation sites is 2. The molecule has 1 aliphatic rings. The lowest BCUT2D eigenvalue weighted by molar-refractivity contribution is 0.0919. The van der Waals surface area contributed by atoms with Crippen LogP contribution >= 0.6 is 11.6 Å². The van der Waals surface area contributed by atoms with Crippen molar-refractivity contribution in [1.82, 2.24) is 34.6 Å². The number of aromatic nitrogens is 6. The van der Waals surface area contributed by atoms with Crippen LogP contribution in [0.15, 0.2) is 53.6 Å². The van der Waals surface area contributed by atoms with Crippen LogP contribution in [0.1, 0.15) is 47.4 Å². The number of H-pyrrole nitrogens is 1. The molecule has 2 N–H and O–H groups in total. The van der Waals surface area contributed by atoms with E-state index >= 15 is 0 Å². The average Bonchev–Trinajstić information content (AvgIpc) is 3.42. The molecule has 0 radical (unpaired) electrons. The molecule has 1 amide bonds. The van der Waals surface area contributed by atoms with Gasteiger partial charge < -0.3 is 5.32 Å². The van der Waals surface area contributed by atoms with E-state index in [1.165, 1.54) is 0 Å². The Labute approximate surface area is 223 Å². The number of pyridine rings is 2. The van der Waals surface area contributed by atoms with Gasteiger partial charge in [0.2, 0.25) is 0 Å². The summed E-state index contributed by atoms with van der Waals surface area (Å²) >= 11 is 6.04. The number of amides is 1. The zero-order valence-corrected chi connectivity index (χ0v) is 22.0. The quantitative estimate of drug-likeness (QED) is 0.342. The van der Waals surface area contributed by atoms with Gasteiger partial charge in [-0.25, -0.2) is 4.79 Å². The number of fused-ring (bicyclic) bond motifs is 2. The van der Waals surface area contributed by atoms with E-state index in [4.69, 9.17) is 11.6 Å². The van der Waals surface area contributed by atoms with E-state index in [0.29, 0.717) is 34.4 Å². The molecule has 9 nitrogen and oxygen atoms in total. The zero-order chi connectivity index (χ0) is 26.4. The zero-order valence-electron chi connectivity index (χ0n) is 21.2. The number of halogens is 1. The van der Waals surface area contributed by atoms with Gasteiger partial charge in [0.25, 0.3) is 5.91 Å². The Morgan fingerprint density at radius 2 is 1.82 bits per heavy atom. The Hall–Kier alpha value is -3.98. The molecule has 1 aliphatic carbocycles. The number of hydrogen-bond acceptors (Lipinski definition) is 5. The molecule has 4 heterocycles. The average molecular weight is 530 g/mol. The third kappa shape index (κ3) is 4.36. The van der Waals surface area contributed by atoms with Crippen LogP contribution in [0.3, 0.4) is 0 Å². The maximum Gasteiger partial charge on any atom is 0.333 e. The molecule has 0 saturated heterocycles. The first-order chi connectivity index (χ1) is 18.4. The largest absolute Gasteiger partial charge is 0.349 e. The summed E-state index contributed by atoms with van der Waals surface area (Å²) in [5.41, 5.74) is 5.97. The molecule has 4 aromatic heterocycles. The van der Waals surface area contributed by atoms with Gasteiger partial charge in [0, 0.05) is 18.8 Å². The Morgan fingerprint density at radius 3 is 2.61 bits per heavy atom. The summed E-state index contributed by atoms with van der Waals surface area (Å²) in [5.74, 6) is 0.198. The van der Waals surface area contributed by atoms with Crippen molar-refractivity contribution in [1.29, 1.82) is 0 Å². The van der Waals surface area contributed by atoms with Crippen molar-refractivity contribution in [3.63, 3.8) is 0 Å². The smallest absolute Gasteiger partial charge is 0.333 e. The predicted octanol–water partition coefficient (Wildman–Crippen LogP) is 4.72. The first-order valence-electron chi connectivity index (χ1n) is 12.8.